The van der Waals surface area contributed by atoms with Gasteiger partial charge in [0.2, 0.25) is 5.91 Å². The summed E-state index contributed by atoms with van der Waals surface area (Å²) < 4.78 is 13.5. The van der Waals surface area contributed by atoms with E-state index in [4.69, 9.17) is 16.6 Å². The van der Waals surface area contributed by atoms with Crippen molar-refractivity contribution in [3.63, 3.8) is 0 Å². The smallest absolute Gasteiger partial charge is 0.338 e. The van der Waals surface area contributed by atoms with Crippen LogP contribution in [0, 0.1) is 11.2 Å². The normalized spacial score (nSPS) is 11.1. The Bertz CT molecular complexity index is 529. The number of hydrogen-bond acceptors (Lipinski definition) is 4. The Kier molecular flexibility index (Phi) is 3.98. The van der Waals surface area contributed by atoms with Crippen LogP contribution in [-0.4, -0.2) is 23.5 Å². The van der Waals surface area contributed by atoms with Gasteiger partial charge in [-0.15, -0.1) is 0 Å². The summed E-state index contributed by atoms with van der Waals surface area (Å²) in [6, 6.07) is 2.01. The molecule has 0 unspecified atom stereocenters. The molecule has 0 bridgehead atoms. The molecule has 0 heterocycles. The number of nitrogen functional groups attached to an aromatic ring is 1. The number of aromatic carboxylic acids is 1. The lowest BCUT2D eigenvalue weighted by molar-refractivity contribution is -0.125. The van der Waals surface area contributed by atoms with Gasteiger partial charge >= 0.3 is 5.97 Å². The van der Waals surface area contributed by atoms with Crippen LogP contribution in [0.1, 0.15) is 24.2 Å². The SMILES string of the molecule is CC(C)(CNc1cc(F)c(C(=O)O)cc1N)C(N)=O. The molecule has 0 atom stereocenters. The minimum Gasteiger partial charge on any atom is -0.478 e. The number of carbonyl (C=O) groups is 2. The first kappa shape index (κ1) is 14.7. The van der Waals surface area contributed by atoms with Crippen LogP contribution in [-0.2, 0) is 4.79 Å². The number of carbonyl (C=O) groups excluding carboxylic acids is 1. The zero-order valence-electron chi connectivity index (χ0n) is 10.7. The number of rotatable bonds is 5. The maximum atomic E-state index is 13.5. The lowest BCUT2D eigenvalue weighted by Crippen LogP contribution is -2.37. The summed E-state index contributed by atoms with van der Waals surface area (Å²) in [5.74, 6) is -2.81. The molecule has 19 heavy (non-hydrogen) atoms. The molecule has 6 nitrogen and oxygen atoms in total. The van der Waals surface area contributed by atoms with Crippen LogP contribution >= 0.6 is 0 Å². The summed E-state index contributed by atoms with van der Waals surface area (Å²) in [6.07, 6.45) is 0. The molecule has 0 aromatic heterocycles. The number of amides is 1. The zero-order valence-corrected chi connectivity index (χ0v) is 10.7. The molecule has 1 rings (SSSR count). The summed E-state index contributed by atoms with van der Waals surface area (Å²) in [6.45, 7) is 3.40. The molecule has 0 aliphatic heterocycles. The molecule has 1 amide bonds. The topological polar surface area (TPSA) is 118 Å². The maximum Gasteiger partial charge on any atom is 0.338 e. The molecule has 6 N–H and O–H groups in total. The van der Waals surface area contributed by atoms with Gasteiger partial charge in [-0.2, -0.15) is 0 Å². The fraction of sp³-hybridized carbons (Fsp3) is 0.333. The van der Waals surface area contributed by atoms with Crippen molar-refractivity contribution in [2.75, 3.05) is 17.6 Å². The second-order valence-electron chi connectivity index (χ2n) is 4.83. The van der Waals surface area contributed by atoms with E-state index in [1.807, 2.05) is 0 Å². The zero-order chi connectivity index (χ0) is 14.8. The maximum absolute atomic E-state index is 13.5. The van der Waals surface area contributed by atoms with Gasteiger partial charge in [0.15, 0.2) is 0 Å². The lowest BCUT2D eigenvalue weighted by Gasteiger charge is -2.22. The highest BCUT2D eigenvalue weighted by atomic mass is 19.1. The van der Waals surface area contributed by atoms with Crippen LogP contribution in [0.3, 0.4) is 0 Å². The molecular weight excluding hydrogens is 253 g/mol. The van der Waals surface area contributed by atoms with Gasteiger partial charge < -0.3 is 21.9 Å². The Labute approximate surface area is 109 Å². The Hall–Kier alpha value is -2.31. The van der Waals surface area contributed by atoms with Crippen molar-refractivity contribution in [3.8, 4) is 0 Å². The van der Waals surface area contributed by atoms with Crippen molar-refractivity contribution in [1.82, 2.24) is 0 Å². The number of nitrogens with two attached hydrogens (primary N) is 2. The summed E-state index contributed by atoms with van der Waals surface area (Å²) >= 11 is 0. The Morgan fingerprint density at radius 3 is 2.47 bits per heavy atom. The predicted octanol–water partition coefficient (Wildman–Crippen LogP) is 1.03. The first-order chi connectivity index (χ1) is 8.65. The first-order valence-electron chi connectivity index (χ1n) is 5.51. The van der Waals surface area contributed by atoms with E-state index in [2.05, 4.69) is 5.32 Å². The minimum atomic E-state index is -1.40. The van der Waals surface area contributed by atoms with E-state index < -0.39 is 28.7 Å². The number of nitrogens with one attached hydrogen (secondary N) is 1. The highest BCUT2D eigenvalue weighted by molar-refractivity contribution is 5.91. The van der Waals surface area contributed by atoms with Gasteiger partial charge in [0.05, 0.1) is 22.4 Å². The number of carboxylic acid groups (broad SMARTS) is 1. The lowest BCUT2D eigenvalue weighted by atomic mass is 9.92. The Morgan fingerprint density at radius 1 is 1.42 bits per heavy atom. The standard InChI is InChI=1S/C12H16FN3O3/c1-12(2,11(15)19)5-16-9-4-7(13)6(10(17)18)3-8(9)14/h3-4,16H,5,14H2,1-2H3,(H2,15,19)(H,17,18). The van der Waals surface area contributed by atoms with Crippen molar-refractivity contribution >= 4 is 23.3 Å². The molecule has 0 fully saturated rings. The number of carboxylic acids is 1. The van der Waals surface area contributed by atoms with Crippen LogP contribution in [0.25, 0.3) is 0 Å². The third kappa shape index (κ3) is 3.34. The highest BCUT2D eigenvalue weighted by Gasteiger charge is 2.25. The summed E-state index contributed by atoms with van der Waals surface area (Å²) in [7, 11) is 0. The monoisotopic (exact) mass is 269 g/mol. The molecule has 0 aliphatic rings. The second-order valence-corrected chi connectivity index (χ2v) is 4.83. The van der Waals surface area contributed by atoms with Gasteiger partial charge in [0.1, 0.15) is 5.82 Å². The second kappa shape index (κ2) is 5.13. The van der Waals surface area contributed by atoms with Crippen LogP contribution < -0.4 is 16.8 Å². The Balaban J connectivity index is 2.95. The van der Waals surface area contributed by atoms with Crippen LogP contribution in [0.5, 0.6) is 0 Å². The van der Waals surface area contributed by atoms with Crippen LogP contribution in [0.15, 0.2) is 12.1 Å². The molecule has 0 saturated carbocycles. The van der Waals surface area contributed by atoms with Crippen molar-refractivity contribution in [2.24, 2.45) is 11.1 Å². The van der Waals surface area contributed by atoms with Gasteiger partial charge in [-0.3, -0.25) is 4.79 Å². The third-order valence-electron chi connectivity index (χ3n) is 2.76. The van der Waals surface area contributed by atoms with Crippen molar-refractivity contribution < 1.29 is 19.1 Å². The summed E-state index contributed by atoms with van der Waals surface area (Å²) in [5, 5.41) is 11.5. The van der Waals surface area contributed by atoms with E-state index in [0.717, 1.165) is 12.1 Å². The molecule has 0 spiro atoms. The quantitative estimate of drug-likeness (QED) is 0.595. The molecule has 104 valence electrons. The van der Waals surface area contributed by atoms with Crippen LogP contribution in [0.4, 0.5) is 15.8 Å². The number of halogens is 1. The minimum absolute atomic E-state index is 0.0825. The average molecular weight is 269 g/mol. The van der Waals surface area contributed by atoms with Gasteiger partial charge in [-0.1, -0.05) is 0 Å². The number of anilines is 2. The first-order valence-corrected chi connectivity index (χ1v) is 5.51. The van der Waals surface area contributed by atoms with Gasteiger partial charge in [-0.25, -0.2) is 9.18 Å². The van der Waals surface area contributed by atoms with E-state index in [-0.39, 0.29) is 17.9 Å². The molecule has 1 aromatic carbocycles. The number of benzene rings is 1. The average Bonchev–Trinajstić information content (AvgIpc) is 2.29. The van der Waals surface area contributed by atoms with E-state index in [1.54, 1.807) is 13.8 Å². The fourth-order valence-electron chi connectivity index (χ4n) is 1.31. The van der Waals surface area contributed by atoms with Crippen molar-refractivity contribution in [1.29, 1.82) is 0 Å². The van der Waals surface area contributed by atoms with Crippen molar-refractivity contribution in [2.45, 2.75) is 13.8 Å². The number of primary amides is 1. The molecule has 7 heteroatoms. The van der Waals surface area contributed by atoms with Gasteiger partial charge in [0, 0.05) is 6.54 Å². The molecule has 0 aliphatic carbocycles. The fourth-order valence-corrected chi connectivity index (χ4v) is 1.31. The predicted molar refractivity (Wildman–Crippen MR) is 69.2 cm³/mol. The highest BCUT2D eigenvalue weighted by Crippen LogP contribution is 2.25. The molecule has 0 saturated heterocycles. The van der Waals surface area contributed by atoms with E-state index >= 15 is 0 Å². The Morgan fingerprint density at radius 2 is 2.00 bits per heavy atom. The number of hydrogen-bond donors (Lipinski definition) is 4. The molecule has 1 aromatic rings. The molecular formula is C12H16FN3O3. The summed E-state index contributed by atoms with van der Waals surface area (Å²) in [4.78, 5) is 21.9. The third-order valence-corrected chi connectivity index (χ3v) is 2.76. The summed E-state index contributed by atoms with van der Waals surface area (Å²) in [5.41, 5.74) is 9.79. The van der Waals surface area contributed by atoms with Gasteiger partial charge in [0.25, 0.3) is 0 Å². The van der Waals surface area contributed by atoms with E-state index in [1.165, 1.54) is 0 Å². The van der Waals surface area contributed by atoms with E-state index in [0.29, 0.717) is 0 Å². The van der Waals surface area contributed by atoms with Gasteiger partial charge in [-0.05, 0) is 26.0 Å². The van der Waals surface area contributed by atoms with E-state index in [9.17, 15) is 14.0 Å². The van der Waals surface area contributed by atoms with Crippen LogP contribution in [0.2, 0.25) is 0 Å². The largest absolute Gasteiger partial charge is 0.478 e. The van der Waals surface area contributed by atoms with Crippen molar-refractivity contribution in [3.05, 3.63) is 23.5 Å². The molecule has 0 radical (unpaired) electrons.